The fourth-order valence-corrected chi connectivity index (χ4v) is 2.15. The molecule has 0 aliphatic carbocycles. The molecule has 0 aromatic carbocycles. The lowest BCUT2D eigenvalue weighted by atomic mass is 10.1. The van der Waals surface area contributed by atoms with Gasteiger partial charge in [-0.15, -0.1) is 11.3 Å². The lowest BCUT2D eigenvalue weighted by Gasteiger charge is -2.16. The van der Waals surface area contributed by atoms with E-state index in [1.165, 1.54) is 5.57 Å². The Hall–Kier alpha value is -0.730. The van der Waals surface area contributed by atoms with Gasteiger partial charge in [0.05, 0.1) is 4.34 Å². The summed E-state index contributed by atoms with van der Waals surface area (Å²) in [7, 11) is 2.05. The molecule has 67 valence electrons. The van der Waals surface area contributed by atoms with Gasteiger partial charge in [0.15, 0.2) is 0 Å². The number of allylic oxidation sites excluding steroid dienone is 2. The van der Waals surface area contributed by atoms with Crippen LogP contribution in [-0.4, -0.2) is 18.5 Å². The van der Waals surface area contributed by atoms with Gasteiger partial charge in [0.2, 0.25) is 0 Å². The van der Waals surface area contributed by atoms with Crippen molar-refractivity contribution in [1.82, 2.24) is 4.90 Å². The molecule has 0 fully saturated rings. The summed E-state index contributed by atoms with van der Waals surface area (Å²) < 4.78 is 0.795. The minimum atomic E-state index is 0.795. The minimum absolute atomic E-state index is 0.795. The first kappa shape index (κ1) is 8.85. The van der Waals surface area contributed by atoms with Crippen LogP contribution in [0.15, 0.2) is 24.4 Å². The summed E-state index contributed by atoms with van der Waals surface area (Å²) in [4.78, 5) is 3.24. The highest BCUT2D eigenvalue weighted by Gasteiger charge is 2.05. The third-order valence-corrected chi connectivity index (χ3v) is 3.10. The molecule has 0 spiro atoms. The minimum Gasteiger partial charge on any atom is -0.377 e. The molecule has 0 amide bonds. The van der Waals surface area contributed by atoms with Gasteiger partial charge >= 0.3 is 0 Å². The summed E-state index contributed by atoms with van der Waals surface area (Å²) in [6, 6.07) is 4.95. The number of rotatable bonds is 1. The average Bonchev–Trinajstić information content (AvgIpc) is 2.53. The van der Waals surface area contributed by atoms with Gasteiger partial charge in [-0.2, -0.15) is 0 Å². The molecule has 1 aliphatic rings. The van der Waals surface area contributed by atoms with E-state index in [0.29, 0.717) is 0 Å². The van der Waals surface area contributed by atoms with Crippen molar-refractivity contribution < 1.29 is 0 Å². The Kier molecular flexibility index (Phi) is 2.42. The van der Waals surface area contributed by atoms with Crippen LogP contribution in [0, 0.1) is 6.07 Å². The standard InChI is InChI=1S/C10H9ClNS/c1-12-6-4-8(5-7-12)9-2-3-10(11)13-9/h3-6H,7H2,1H3. The van der Waals surface area contributed by atoms with E-state index in [-0.39, 0.29) is 0 Å². The number of nitrogens with zero attached hydrogens (tertiary/aromatic N) is 1. The predicted octanol–water partition coefficient (Wildman–Crippen LogP) is 3.04. The molecule has 0 atom stereocenters. The molecule has 2 heterocycles. The van der Waals surface area contributed by atoms with E-state index in [0.717, 1.165) is 15.8 Å². The molecule has 1 aromatic heterocycles. The second-order valence-electron chi connectivity index (χ2n) is 2.94. The lowest BCUT2D eigenvalue weighted by molar-refractivity contribution is 0.506. The van der Waals surface area contributed by atoms with Crippen molar-refractivity contribution in [2.45, 2.75) is 0 Å². The maximum Gasteiger partial charge on any atom is 0.0941 e. The van der Waals surface area contributed by atoms with Crippen LogP contribution in [-0.2, 0) is 0 Å². The molecule has 3 heteroatoms. The highest BCUT2D eigenvalue weighted by Crippen LogP contribution is 2.28. The van der Waals surface area contributed by atoms with Crippen LogP contribution >= 0.6 is 22.9 Å². The quantitative estimate of drug-likeness (QED) is 0.689. The Bertz CT molecular complexity index is 365. The lowest BCUT2D eigenvalue weighted by Crippen LogP contribution is -2.12. The van der Waals surface area contributed by atoms with Gasteiger partial charge in [0.1, 0.15) is 0 Å². The molecule has 0 N–H and O–H groups in total. The average molecular weight is 211 g/mol. The molecule has 0 saturated carbocycles. The zero-order chi connectivity index (χ0) is 9.26. The van der Waals surface area contributed by atoms with Crippen LogP contribution < -0.4 is 0 Å². The summed E-state index contributed by atoms with van der Waals surface area (Å²) in [5.41, 5.74) is 1.22. The highest BCUT2D eigenvalue weighted by molar-refractivity contribution is 7.17. The van der Waals surface area contributed by atoms with Crippen molar-refractivity contribution in [1.29, 1.82) is 0 Å². The van der Waals surface area contributed by atoms with Gasteiger partial charge in [0.25, 0.3) is 0 Å². The van der Waals surface area contributed by atoms with Crippen LogP contribution in [0.4, 0.5) is 0 Å². The zero-order valence-electron chi connectivity index (χ0n) is 7.25. The monoisotopic (exact) mass is 210 g/mol. The second kappa shape index (κ2) is 3.56. The van der Waals surface area contributed by atoms with Gasteiger partial charge in [0, 0.05) is 24.5 Å². The molecular formula is C10H9ClNS. The van der Waals surface area contributed by atoms with E-state index in [1.54, 1.807) is 11.3 Å². The van der Waals surface area contributed by atoms with E-state index in [9.17, 15) is 0 Å². The SMILES string of the molecule is CN1C=CC(c2[c]cc(Cl)s2)=CC1. The maximum atomic E-state index is 5.83. The molecule has 1 radical (unpaired) electrons. The number of hydrogen-bond acceptors (Lipinski definition) is 2. The van der Waals surface area contributed by atoms with E-state index in [1.807, 2.05) is 6.07 Å². The topological polar surface area (TPSA) is 3.24 Å². The first-order valence-electron chi connectivity index (χ1n) is 4.02. The summed E-state index contributed by atoms with van der Waals surface area (Å²) >= 11 is 7.40. The van der Waals surface area contributed by atoms with E-state index >= 15 is 0 Å². The third-order valence-electron chi connectivity index (χ3n) is 1.89. The normalized spacial score (nSPS) is 16.2. The van der Waals surface area contributed by atoms with Crippen LogP contribution in [0.25, 0.3) is 5.57 Å². The first-order valence-corrected chi connectivity index (χ1v) is 5.21. The van der Waals surface area contributed by atoms with Crippen molar-refractivity contribution in [3.8, 4) is 0 Å². The van der Waals surface area contributed by atoms with E-state index in [4.69, 9.17) is 11.6 Å². The number of halogens is 1. The van der Waals surface area contributed by atoms with Crippen molar-refractivity contribution in [3.63, 3.8) is 0 Å². The molecule has 0 bridgehead atoms. The van der Waals surface area contributed by atoms with Crippen LogP contribution in [0.3, 0.4) is 0 Å². The maximum absolute atomic E-state index is 5.83. The molecule has 1 aliphatic heterocycles. The van der Waals surface area contributed by atoms with Gasteiger partial charge < -0.3 is 4.90 Å². The molecule has 1 aromatic rings. The van der Waals surface area contributed by atoms with Crippen molar-refractivity contribution in [2.24, 2.45) is 0 Å². The number of likely N-dealkylation sites (N-methyl/N-ethyl adjacent to an activating group) is 1. The molecule has 2 rings (SSSR count). The highest BCUT2D eigenvalue weighted by atomic mass is 35.5. The Morgan fingerprint density at radius 1 is 1.62 bits per heavy atom. The summed E-state index contributed by atoms with van der Waals surface area (Å²) in [5, 5.41) is 0. The van der Waals surface area contributed by atoms with E-state index in [2.05, 4.69) is 36.4 Å². The fourth-order valence-electron chi connectivity index (χ4n) is 1.17. The van der Waals surface area contributed by atoms with Crippen LogP contribution in [0.1, 0.15) is 4.88 Å². The molecule has 0 unspecified atom stereocenters. The van der Waals surface area contributed by atoms with Gasteiger partial charge in [-0.05, 0) is 23.9 Å². The van der Waals surface area contributed by atoms with Crippen LogP contribution in [0.2, 0.25) is 4.34 Å². The summed E-state index contributed by atoms with van der Waals surface area (Å²) in [6.45, 7) is 0.954. The Labute approximate surface area is 86.9 Å². The Morgan fingerprint density at radius 3 is 3.00 bits per heavy atom. The first-order chi connectivity index (χ1) is 6.25. The summed E-state index contributed by atoms with van der Waals surface area (Å²) in [5.74, 6) is 0. The number of hydrogen-bond donors (Lipinski definition) is 0. The largest absolute Gasteiger partial charge is 0.377 e. The second-order valence-corrected chi connectivity index (χ2v) is 4.62. The van der Waals surface area contributed by atoms with Crippen molar-refractivity contribution >= 4 is 28.5 Å². The smallest absolute Gasteiger partial charge is 0.0941 e. The Balaban J connectivity index is 2.24. The molecule has 13 heavy (non-hydrogen) atoms. The Morgan fingerprint density at radius 2 is 2.46 bits per heavy atom. The molecule has 0 saturated heterocycles. The van der Waals surface area contributed by atoms with Gasteiger partial charge in [-0.1, -0.05) is 17.7 Å². The van der Waals surface area contributed by atoms with E-state index < -0.39 is 0 Å². The predicted molar refractivity (Wildman–Crippen MR) is 57.9 cm³/mol. The zero-order valence-corrected chi connectivity index (χ0v) is 8.82. The molecular weight excluding hydrogens is 202 g/mol. The third kappa shape index (κ3) is 1.95. The van der Waals surface area contributed by atoms with Gasteiger partial charge in [-0.25, -0.2) is 0 Å². The summed E-state index contributed by atoms with van der Waals surface area (Å²) in [6.07, 6.45) is 6.33. The van der Waals surface area contributed by atoms with Crippen molar-refractivity contribution in [2.75, 3.05) is 13.6 Å². The van der Waals surface area contributed by atoms with Gasteiger partial charge in [-0.3, -0.25) is 0 Å². The number of thiophene rings is 1. The molecule has 1 nitrogen and oxygen atoms in total. The van der Waals surface area contributed by atoms with Crippen molar-refractivity contribution in [3.05, 3.63) is 39.7 Å². The fraction of sp³-hybridized carbons (Fsp3) is 0.200. The van der Waals surface area contributed by atoms with Crippen LogP contribution in [0.5, 0.6) is 0 Å².